The molecule has 0 aliphatic carbocycles. The molecule has 0 aliphatic rings. The molecule has 4 nitrogen and oxygen atoms in total. The van der Waals surface area contributed by atoms with Crippen LogP contribution in [0.15, 0.2) is 53.1 Å². The van der Waals surface area contributed by atoms with Gasteiger partial charge in [0.2, 0.25) is 0 Å². The van der Waals surface area contributed by atoms with E-state index in [2.05, 4.69) is 27.4 Å². The fourth-order valence-electron chi connectivity index (χ4n) is 2.61. The first-order valence-electron chi connectivity index (χ1n) is 6.95. The van der Waals surface area contributed by atoms with E-state index in [1.54, 1.807) is 0 Å². The van der Waals surface area contributed by atoms with Crippen LogP contribution in [0.1, 0.15) is 11.4 Å². The van der Waals surface area contributed by atoms with E-state index in [9.17, 15) is 0 Å². The molecule has 0 spiro atoms. The predicted molar refractivity (Wildman–Crippen MR) is 84.4 cm³/mol. The van der Waals surface area contributed by atoms with Crippen LogP contribution in [0.2, 0.25) is 0 Å². The Kier molecular flexibility index (Phi) is 2.67. The normalized spacial score (nSPS) is 11.3. The van der Waals surface area contributed by atoms with Crippen molar-refractivity contribution in [1.82, 2.24) is 9.97 Å². The van der Waals surface area contributed by atoms with Gasteiger partial charge in [0.15, 0.2) is 0 Å². The number of H-pyrrole nitrogens is 1. The van der Waals surface area contributed by atoms with Crippen molar-refractivity contribution in [2.45, 2.75) is 13.5 Å². The lowest BCUT2D eigenvalue weighted by Crippen LogP contribution is -1.98. The van der Waals surface area contributed by atoms with Gasteiger partial charge in [0.25, 0.3) is 0 Å². The number of para-hydroxylation sites is 1. The number of imidazole rings is 1. The van der Waals surface area contributed by atoms with Crippen molar-refractivity contribution in [1.29, 1.82) is 0 Å². The van der Waals surface area contributed by atoms with E-state index in [1.807, 2.05) is 43.5 Å². The summed E-state index contributed by atoms with van der Waals surface area (Å²) in [6.07, 6.45) is 1.82. The van der Waals surface area contributed by atoms with E-state index in [0.717, 1.165) is 45.6 Å². The molecule has 2 aromatic heterocycles. The van der Waals surface area contributed by atoms with Crippen LogP contribution in [0.4, 0.5) is 5.69 Å². The fourth-order valence-corrected chi connectivity index (χ4v) is 2.61. The van der Waals surface area contributed by atoms with E-state index in [4.69, 9.17) is 4.42 Å². The molecule has 0 bridgehead atoms. The number of aryl methyl sites for hydroxylation is 1. The summed E-state index contributed by atoms with van der Waals surface area (Å²) in [5, 5.41) is 4.59. The molecule has 0 radical (unpaired) electrons. The van der Waals surface area contributed by atoms with Gasteiger partial charge in [-0.2, -0.15) is 0 Å². The van der Waals surface area contributed by atoms with Crippen LogP contribution < -0.4 is 5.32 Å². The van der Waals surface area contributed by atoms with Gasteiger partial charge in [-0.25, -0.2) is 4.98 Å². The lowest BCUT2D eigenvalue weighted by molar-refractivity contribution is 0.611. The molecule has 4 aromatic rings. The molecular weight excluding hydrogens is 262 g/mol. The number of aromatic amines is 1. The van der Waals surface area contributed by atoms with E-state index in [1.165, 1.54) is 0 Å². The maximum Gasteiger partial charge on any atom is 0.134 e. The minimum atomic E-state index is 0.732. The van der Waals surface area contributed by atoms with Crippen molar-refractivity contribution in [3.05, 3.63) is 60.1 Å². The maximum absolute atomic E-state index is 5.55. The molecule has 0 amide bonds. The first-order valence-corrected chi connectivity index (χ1v) is 6.95. The predicted octanol–water partition coefficient (Wildman–Crippen LogP) is 4.23. The van der Waals surface area contributed by atoms with Crippen molar-refractivity contribution in [3.63, 3.8) is 0 Å². The summed E-state index contributed by atoms with van der Waals surface area (Å²) in [7, 11) is 0. The molecule has 0 saturated carbocycles. The van der Waals surface area contributed by atoms with Gasteiger partial charge in [0.05, 0.1) is 17.3 Å². The van der Waals surface area contributed by atoms with Gasteiger partial charge in [0, 0.05) is 23.2 Å². The summed E-state index contributed by atoms with van der Waals surface area (Å²) in [5.41, 5.74) is 5.19. The number of furan rings is 1. The Morgan fingerprint density at radius 3 is 3.05 bits per heavy atom. The Labute approximate surface area is 121 Å². The summed E-state index contributed by atoms with van der Waals surface area (Å²) in [6.45, 7) is 2.69. The van der Waals surface area contributed by atoms with Crippen molar-refractivity contribution in [2.75, 3.05) is 5.32 Å². The Bertz CT molecular complexity index is 920. The zero-order valence-corrected chi connectivity index (χ0v) is 11.7. The number of benzene rings is 2. The Morgan fingerprint density at radius 1 is 1.19 bits per heavy atom. The highest BCUT2D eigenvalue weighted by atomic mass is 16.3. The highest BCUT2D eigenvalue weighted by molar-refractivity contribution is 5.82. The summed E-state index contributed by atoms with van der Waals surface area (Å²) < 4.78 is 5.55. The lowest BCUT2D eigenvalue weighted by atomic mass is 10.2. The van der Waals surface area contributed by atoms with Crippen LogP contribution in [0.3, 0.4) is 0 Å². The molecule has 4 rings (SSSR count). The minimum absolute atomic E-state index is 0.732. The molecule has 0 fully saturated rings. The second kappa shape index (κ2) is 4.66. The quantitative estimate of drug-likeness (QED) is 0.589. The number of fused-ring (bicyclic) bond motifs is 2. The van der Waals surface area contributed by atoms with Gasteiger partial charge in [-0.15, -0.1) is 0 Å². The van der Waals surface area contributed by atoms with Crippen molar-refractivity contribution >= 4 is 27.7 Å². The number of hydrogen-bond acceptors (Lipinski definition) is 3. The Hall–Kier alpha value is -2.75. The molecule has 0 saturated heterocycles. The van der Waals surface area contributed by atoms with Crippen LogP contribution in [0.25, 0.3) is 22.0 Å². The molecule has 0 unspecified atom stereocenters. The number of aromatic nitrogens is 2. The second-order valence-corrected chi connectivity index (χ2v) is 5.16. The van der Waals surface area contributed by atoms with Crippen molar-refractivity contribution in [3.8, 4) is 0 Å². The minimum Gasteiger partial charge on any atom is -0.464 e. The van der Waals surface area contributed by atoms with E-state index in [0.29, 0.717) is 0 Å². The highest BCUT2D eigenvalue weighted by Crippen LogP contribution is 2.22. The summed E-state index contributed by atoms with van der Waals surface area (Å²) in [5.74, 6) is 0.933. The Morgan fingerprint density at radius 2 is 2.10 bits per heavy atom. The first kappa shape index (κ1) is 12.0. The number of rotatable bonds is 3. The standard InChI is InChI=1S/C17H15N3O/c1-11-19-15-7-6-13(8-16(15)20-11)18-9-12-10-21-17-5-3-2-4-14(12)17/h2-8,10,18H,9H2,1H3,(H,19,20). The van der Waals surface area contributed by atoms with Gasteiger partial charge in [-0.3, -0.25) is 0 Å². The largest absolute Gasteiger partial charge is 0.464 e. The summed E-state index contributed by atoms with van der Waals surface area (Å²) in [4.78, 5) is 7.66. The van der Waals surface area contributed by atoms with Crippen LogP contribution in [-0.2, 0) is 6.54 Å². The van der Waals surface area contributed by atoms with Crippen molar-refractivity contribution in [2.24, 2.45) is 0 Å². The summed E-state index contributed by atoms with van der Waals surface area (Å²) >= 11 is 0. The van der Waals surface area contributed by atoms with E-state index in [-0.39, 0.29) is 0 Å². The maximum atomic E-state index is 5.55. The second-order valence-electron chi connectivity index (χ2n) is 5.16. The molecular formula is C17H15N3O. The third kappa shape index (κ3) is 2.14. The smallest absolute Gasteiger partial charge is 0.134 e. The fraction of sp³-hybridized carbons (Fsp3) is 0.118. The van der Waals surface area contributed by atoms with Gasteiger partial charge < -0.3 is 14.7 Å². The van der Waals surface area contributed by atoms with E-state index >= 15 is 0 Å². The third-order valence-corrected chi connectivity index (χ3v) is 3.64. The number of nitrogens with one attached hydrogen (secondary N) is 2. The topological polar surface area (TPSA) is 53.9 Å². The van der Waals surface area contributed by atoms with Crippen LogP contribution in [0.5, 0.6) is 0 Å². The first-order chi connectivity index (χ1) is 10.3. The molecule has 4 heteroatoms. The SMILES string of the molecule is Cc1nc2ccc(NCc3coc4ccccc34)cc2[nH]1. The molecule has 104 valence electrons. The third-order valence-electron chi connectivity index (χ3n) is 3.64. The molecule has 2 N–H and O–H groups in total. The zero-order valence-electron chi connectivity index (χ0n) is 11.7. The van der Waals surface area contributed by atoms with E-state index < -0.39 is 0 Å². The monoisotopic (exact) mass is 277 g/mol. The molecule has 2 heterocycles. The van der Waals surface area contributed by atoms with Gasteiger partial charge in [-0.1, -0.05) is 18.2 Å². The highest BCUT2D eigenvalue weighted by Gasteiger charge is 2.05. The van der Waals surface area contributed by atoms with Crippen LogP contribution in [-0.4, -0.2) is 9.97 Å². The van der Waals surface area contributed by atoms with Gasteiger partial charge >= 0.3 is 0 Å². The molecule has 2 aromatic carbocycles. The number of anilines is 1. The Balaban J connectivity index is 1.60. The van der Waals surface area contributed by atoms with Crippen LogP contribution >= 0.6 is 0 Å². The average molecular weight is 277 g/mol. The van der Waals surface area contributed by atoms with Crippen LogP contribution in [0, 0.1) is 6.92 Å². The van der Waals surface area contributed by atoms with Gasteiger partial charge in [0.1, 0.15) is 11.4 Å². The lowest BCUT2D eigenvalue weighted by Gasteiger charge is -2.05. The zero-order chi connectivity index (χ0) is 14.2. The van der Waals surface area contributed by atoms with Gasteiger partial charge in [-0.05, 0) is 31.2 Å². The molecule has 0 aliphatic heterocycles. The number of nitrogens with zero attached hydrogens (tertiary/aromatic N) is 1. The summed E-state index contributed by atoms with van der Waals surface area (Å²) in [6, 6.07) is 14.2. The average Bonchev–Trinajstić information content (AvgIpc) is 3.07. The number of hydrogen-bond donors (Lipinski definition) is 2. The molecule has 21 heavy (non-hydrogen) atoms. The molecule has 0 atom stereocenters. The van der Waals surface area contributed by atoms with Crippen molar-refractivity contribution < 1.29 is 4.42 Å².